The summed E-state index contributed by atoms with van der Waals surface area (Å²) in [7, 11) is 0. The number of hydrogen-bond acceptors (Lipinski definition) is 3. The van der Waals surface area contributed by atoms with Crippen LogP contribution in [0.3, 0.4) is 0 Å². The van der Waals surface area contributed by atoms with Crippen molar-refractivity contribution in [3.63, 3.8) is 0 Å². The average molecular weight is 243 g/mol. The van der Waals surface area contributed by atoms with Crippen LogP contribution in [-0.2, 0) is 0 Å². The Hall–Kier alpha value is -1.57. The maximum Gasteiger partial charge on any atom is 0.166 e. The van der Waals surface area contributed by atoms with Crippen molar-refractivity contribution in [3.8, 4) is 11.8 Å². The third-order valence-corrected chi connectivity index (χ3v) is 2.04. The predicted octanol–water partition coefficient (Wildman–Crippen LogP) is 2.40. The van der Waals surface area contributed by atoms with Crippen LogP contribution in [0.25, 0.3) is 0 Å². The van der Waals surface area contributed by atoms with Crippen LogP contribution in [0, 0.1) is 17.1 Å². The van der Waals surface area contributed by atoms with E-state index < -0.39 is 17.6 Å². The molecule has 86 valence electrons. The number of aromatic hydroxyl groups is 1. The number of halogens is 2. The second-order valence-corrected chi connectivity index (χ2v) is 3.14. The molecule has 0 aliphatic rings. The molecule has 0 amide bonds. The quantitative estimate of drug-likeness (QED) is 0.800. The summed E-state index contributed by atoms with van der Waals surface area (Å²) in [6.07, 6.45) is 1.98. The second kappa shape index (κ2) is 6.11. The van der Waals surface area contributed by atoms with Gasteiger partial charge in [-0.25, -0.2) is 4.39 Å². The van der Waals surface area contributed by atoms with E-state index in [-0.39, 0.29) is 23.5 Å². The minimum atomic E-state index is -0.830. The lowest BCUT2D eigenvalue weighted by Gasteiger charge is -2.12. The van der Waals surface area contributed by atoms with E-state index in [2.05, 4.69) is 6.58 Å². The van der Waals surface area contributed by atoms with Gasteiger partial charge >= 0.3 is 0 Å². The Kier molecular flexibility index (Phi) is 5.51. The van der Waals surface area contributed by atoms with E-state index in [0.717, 1.165) is 6.07 Å². The van der Waals surface area contributed by atoms with Gasteiger partial charge in [0.1, 0.15) is 0 Å². The van der Waals surface area contributed by atoms with Gasteiger partial charge in [0.25, 0.3) is 0 Å². The van der Waals surface area contributed by atoms with E-state index in [1.54, 1.807) is 12.1 Å². The normalized spacial score (nSPS) is 11.1. The number of hydrogen-bond donors (Lipinski definition) is 2. The molecule has 0 saturated heterocycles. The Morgan fingerprint density at radius 3 is 2.75 bits per heavy atom. The molecule has 0 aliphatic carbocycles. The van der Waals surface area contributed by atoms with Gasteiger partial charge in [0, 0.05) is 11.6 Å². The number of rotatable bonds is 3. The Labute approximate surface area is 99.4 Å². The molecule has 0 spiro atoms. The molecular formula is C11H12ClFN2O. The zero-order chi connectivity index (χ0) is 11.4. The molecule has 0 saturated carbocycles. The summed E-state index contributed by atoms with van der Waals surface area (Å²) in [6.45, 7) is 3.50. The zero-order valence-electron chi connectivity index (χ0n) is 8.48. The van der Waals surface area contributed by atoms with Gasteiger partial charge in [0.2, 0.25) is 0 Å². The van der Waals surface area contributed by atoms with E-state index >= 15 is 0 Å². The van der Waals surface area contributed by atoms with Gasteiger partial charge in [-0.3, -0.25) is 0 Å². The minimum absolute atomic E-state index is 0. The van der Waals surface area contributed by atoms with Crippen LogP contribution in [0.2, 0.25) is 0 Å². The molecule has 16 heavy (non-hydrogen) atoms. The number of phenolic OH excluding ortho intramolecular Hbond substituents is 1. The first kappa shape index (κ1) is 14.4. The highest BCUT2D eigenvalue weighted by molar-refractivity contribution is 5.85. The monoisotopic (exact) mass is 242 g/mol. The first-order chi connectivity index (χ1) is 7.10. The third kappa shape index (κ3) is 2.96. The molecule has 0 aliphatic heterocycles. The molecule has 1 aromatic carbocycles. The van der Waals surface area contributed by atoms with Crippen molar-refractivity contribution in [2.24, 2.45) is 5.73 Å². The van der Waals surface area contributed by atoms with Crippen molar-refractivity contribution >= 4 is 12.4 Å². The van der Waals surface area contributed by atoms with Gasteiger partial charge in [-0.15, -0.1) is 19.0 Å². The lowest BCUT2D eigenvalue weighted by Crippen LogP contribution is -2.10. The van der Waals surface area contributed by atoms with Crippen molar-refractivity contribution in [1.29, 1.82) is 5.26 Å². The fourth-order valence-electron chi connectivity index (χ4n) is 1.27. The van der Waals surface area contributed by atoms with Crippen LogP contribution in [0.4, 0.5) is 4.39 Å². The number of nitrogens with two attached hydrogens (primary N) is 1. The highest BCUT2D eigenvalue weighted by Crippen LogP contribution is 2.28. The summed E-state index contributed by atoms with van der Waals surface area (Å²) in [5, 5.41) is 18.0. The molecule has 1 aromatic rings. The van der Waals surface area contributed by atoms with Crippen molar-refractivity contribution in [2.45, 2.75) is 12.5 Å². The van der Waals surface area contributed by atoms with Gasteiger partial charge in [0.05, 0.1) is 11.6 Å². The van der Waals surface area contributed by atoms with E-state index in [0.29, 0.717) is 6.42 Å². The molecule has 0 aromatic heterocycles. The Morgan fingerprint density at radius 1 is 1.62 bits per heavy atom. The zero-order valence-corrected chi connectivity index (χ0v) is 9.30. The predicted molar refractivity (Wildman–Crippen MR) is 61.8 cm³/mol. The fraction of sp³-hybridized carbons (Fsp3) is 0.182. The molecule has 5 heteroatoms. The Bertz CT molecular complexity index is 429. The highest BCUT2D eigenvalue weighted by Gasteiger charge is 2.14. The average Bonchev–Trinajstić information content (AvgIpc) is 2.22. The molecule has 0 fully saturated rings. The van der Waals surface area contributed by atoms with E-state index in [1.165, 1.54) is 6.07 Å². The van der Waals surface area contributed by atoms with Crippen molar-refractivity contribution < 1.29 is 9.50 Å². The smallest absolute Gasteiger partial charge is 0.166 e. The van der Waals surface area contributed by atoms with Gasteiger partial charge in [-0.2, -0.15) is 5.26 Å². The standard InChI is InChI=1S/C11H11FN2O.ClH/c1-2-3-10(14)8-4-7(6-13)5-9(12)11(8)15;/h2,4-5,10,15H,1,3,14H2;1H/t10-;/m1./s1. The molecule has 0 unspecified atom stereocenters. The summed E-state index contributed by atoms with van der Waals surface area (Å²) in [5.74, 6) is -1.33. The Morgan fingerprint density at radius 2 is 2.25 bits per heavy atom. The van der Waals surface area contributed by atoms with Gasteiger partial charge in [0.15, 0.2) is 11.6 Å². The molecule has 3 nitrogen and oxygen atoms in total. The fourth-order valence-corrected chi connectivity index (χ4v) is 1.27. The molecule has 1 rings (SSSR count). The van der Waals surface area contributed by atoms with Gasteiger partial charge < -0.3 is 10.8 Å². The van der Waals surface area contributed by atoms with Gasteiger partial charge in [-0.05, 0) is 18.6 Å². The number of phenols is 1. The maximum absolute atomic E-state index is 13.1. The van der Waals surface area contributed by atoms with E-state index in [4.69, 9.17) is 11.0 Å². The lowest BCUT2D eigenvalue weighted by atomic mass is 10.0. The van der Waals surface area contributed by atoms with E-state index in [9.17, 15) is 9.50 Å². The largest absolute Gasteiger partial charge is 0.505 e. The number of nitrogens with zero attached hydrogens (tertiary/aromatic N) is 1. The molecular weight excluding hydrogens is 231 g/mol. The molecule has 0 radical (unpaired) electrons. The van der Waals surface area contributed by atoms with Crippen LogP contribution in [0.1, 0.15) is 23.6 Å². The van der Waals surface area contributed by atoms with Crippen molar-refractivity contribution in [1.82, 2.24) is 0 Å². The van der Waals surface area contributed by atoms with Crippen molar-refractivity contribution in [3.05, 3.63) is 41.7 Å². The number of benzene rings is 1. The van der Waals surface area contributed by atoms with Crippen LogP contribution < -0.4 is 5.73 Å². The van der Waals surface area contributed by atoms with Crippen molar-refractivity contribution in [2.75, 3.05) is 0 Å². The van der Waals surface area contributed by atoms with Crippen LogP contribution in [0.15, 0.2) is 24.8 Å². The van der Waals surface area contributed by atoms with Crippen LogP contribution in [0.5, 0.6) is 5.75 Å². The van der Waals surface area contributed by atoms with Crippen LogP contribution in [-0.4, -0.2) is 5.11 Å². The molecule has 0 bridgehead atoms. The number of nitriles is 1. The van der Waals surface area contributed by atoms with Crippen LogP contribution >= 0.6 is 12.4 Å². The summed E-state index contributed by atoms with van der Waals surface area (Å²) < 4.78 is 13.1. The topological polar surface area (TPSA) is 70.0 Å². The maximum atomic E-state index is 13.1. The summed E-state index contributed by atoms with van der Waals surface area (Å²) in [5.41, 5.74) is 6.06. The first-order valence-corrected chi connectivity index (χ1v) is 4.39. The SMILES string of the molecule is C=CC[C@@H](N)c1cc(C#N)cc(F)c1O.Cl. The summed E-state index contributed by atoms with van der Waals surface area (Å²) >= 11 is 0. The Balaban J connectivity index is 0.00000225. The second-order valence-electron chi connectivity index (χ2n) is 3.14. The summed E-state index contributed by atoms with van der Waals surface area (Å²) in [6, 6.07) is 3.60. The third-order valence-electron chi connectivity index (χ3n) is 2.04. The summed E-state index contributed by atoms with van der Waals surface area (Å²) in [4.78, 5) is 0. The lowest BCUT2D eigenvalue weighted by molar-refractivity contribution is 0.420. The molecule has 3 N–H and O–H groups in total. The molecule has 1 atom stereocenters. The highest BCUT2D eigenvalue weighted by atomic mass is 35.5. The van der Waals surface area contributed by atoms with E-state index in [1.807, 2.05) is 0 Å². The minimum Gasteiger partial charge on any atom is -0.505 e. The first-order valence-electron chi connectivity index (χ1n) is 4.39. The van der Waals surface area contributed by atoms with Gasteiger partial charge in [-0.1, -0.05) is 6.08 Å². The molecule has 0 heterocycles.